The molecule has 1 aromatic rings. The van der Waals surface area contributed by atoms with Crippen molar-refractivity contribution in [3.8, 4) is 11.5 Å². The molecule has 2 atom stereocenters. The van der Waals surface area contributed by atoms with Gasteiger partial charge in [0, 0.05) is 17.3 Å². The first kappa shape index (κ1) is 23.4. The van der Waals surface area contributed by atoms with Crippen LogP contribution in [0.2, 0.25) is 0 Å². The van der Waals surface area contributed by atoms with E-state index in [0.29, 0.717) is 29.2 Å². The predicted molar refractivity (Wildman–Crippen MR) is 114 cm³/mol. The number of esters is 2. The number of phenols is 1. The fourth-order valence-electron chi connectivity index (χ4n) is 3.55. The van der Waals surface area contributed by atoms with E-state index in [-0.39, 0.29) is 23.7 Å². The average molecular weight is 418 g/mol. The summed E-state index contributed by atoms with van der Waals surface area (Å²) >= 11 is 0. The summed E-state index contributed by atoms with van der Waals surface area (Å²) in [5.41, 5.74) is 1.97. The third-order valence-electron chi connectivity index (χ3n) is 4.64. The van der Waals surface area contributed by atoms with E-state index in [1.165, 1.54) is 6.07 Å². The number of phenolic OH excluding ortho intramolecular Hbond substituents is 1. The van der Waals surface area contributed by atoms with Crippen LogP contribution in [0.1, 0.15) is 59.9 Å². The van der Waals surface area contributed by atoms with Crippen molar-refractivity contribution < 1.29 is 28.9 Å². The van der Waals surface area contributed by atoms with Crippen molar-refractivity contribution in [1.29, 1.82) is 0 Å². The molecule has 1 unspecified atom stereocenters. The van der Waals surface area contributed by atoms with Crippen LogP contribution in [0, 0.1) is 5.92 Å². The molecule has 1 aromatic carbocycles. The SMILES string of the molecule is CCOc1cc([C@@H]2C(C(=O)OC(C)C)=C(C)N=C(C)C2C(=O)OC(C)C)ccc1O. The third kappa shape index (κ3) is 5.20. The number of aliphatic imine (C=N–C) groups is 1. The van der Waals surface area contributed by atoms with Crippen LogP contribution in [0.5, 0.6) is 11.5 Å². The topological polar surface area (TPSA) is 94.4 Å². The molecule has 0 spiro atoms. The standard InChI is InChI=1S/C23H31NO6/c1-8-28-18-11-16(9-10-17(18)25)21-19(22(26)29-12(2)3)14(6)24-15(7)20(21)23(27)30-13(4)5/h9-13,19,21,25H,8H2,1-7H3/t19?,21-/m0/s1. The van der Waals surface area contributed by atoms with E-state index in [9.17, 15) is 14.7 Å². The van der Waals surface area contributed by atoms with Gasteiger partial charge < -0.3 is 19.3 Å². The average Bonchev–Trinajstić information content (AvgIpc) is 2.61. The molecule has 1 N–H and O–H groups in total. The first-order valence-electron chi connectivity index (χ1n) is 10.2. The second kappa shape index (κ2) is 9.78. The lowest BCUT2D eigenvalue weighted by Gasteiger charge is -2.32. The molecule has 2 rings (SSSR count). The van der Waals surface area contributed by atoms with Crippen LogP contribution in [-0.2, 0) is 19.1 Å². The largest absolute Gasteiger partial charge is 0.504 e. The highest BCUT2D eigenvalue weighted by molar-refractivity contribution is 6.07. The zero-order valence-electron chi connectivity index (χ0n) is 18.7. The van der Waals surface area contributed by atoms with Gasteiger partial charge in [-0.05, 0) is 66.2 Å². The maximum absolute atomic E-state index is 13.0. The number of allylic oxidation sites excluding steroid dienone is 1. The maximum Gasteiger partial charge on any atom is 0.336 e. The lowest BCUT2D eigenvalue weighted by atomic mass is 9.75. The Morgan fingerprint density at radius 1 is 1.10 bits per heavy atom. The lowest BCUT2D eigenvalue weighted by molar-refractivity contribution is -0.150. The highest BCUT2D eigenvalue weighted by Crippen LogP contribution is 2.42. The molecule has 1 aliphatic heterocycles. The summed E-state index contributed by atoms with van der Waals surface area (Å²) in [7, 11) is 0. The Morgan fingerprint density at radius 2 is 1.73 bits per heavy atom. The van der Waals surface area contributed by atoms with Gasteiger partial charge in [0.25, 0.3) is 0 Å². The van der Waals surface area contributed by atoms with Gasteiger partial charge >= 0.3 is 11.9 Å². The number of carbonyl (C=O) groups is 2. The van der Waals surface area contributed by atoms with E-state index in [1.807, 2.05) is 6.92 Å². The van der Waals surface area contributed by atoms with Crippen LogP contribution in [0.25, 0.3) is 0 Å². The quantitative estimate of drug-likeness (QED) is 0.670. The monoisotopic (exact) mass is 417 g/mol. The molecule has 30 heavy (non-hydrogen) atoms. The molecule has 0 amide bonds. The molecule has 1 heterocycles. The molecule has 0 aliphatic carbocycles. The fraction of sp³-hybridized carbons (Fsp3) is 0.522. The Balaban J connectivity index is 2.66. The molecule has 7 nitrogen and oxygen atoms in total. The minimum absolute atomic E-state index is 0.0184. The van der Waals surface area contributed by atoms with Gasteiger partial charge in [-0.3, -0.25) is 9.79 Å². The molecule has 0 saturated carbocycles. The van der Waals surface area contributed by atoms with E-state index in [0.717, 1.165) is 0 Å². The summed E-state index contributed by atoms with van der Waals surface area (Å²) < 4.78 is 16.5. The van der Waals surface area contributed by atoms with Gasteiger partial charge in [0.15, 0.2) is 11.5 Å². The van der Waals surface area contributed by atoms with Crippen LogP contribution in [-0.4, -0.2) is 41.6 Å². The van der Waals surface area contributed by atoms with E-state index in [1.54, 1.807) is 53.7 Å². The van der Waals surface area contributed by atoms with Crippen LogP contribution in [0.15, 0.2) is 34.5 Å². The van der Waals surface area contributed by atoms with E-state index in [4.69, 9.17) is 14.2 Å². The van der Waals surface area contributed by atoms with Crippen molar-refractivity contribution in [3.05, 3.63) is 35.0 Å². The Bertz CT molecular complexity index is 868. The number of hydrogen-bond donors (Lipinski definition) is 1. The second-order valence-corrected chi connectivity index (χ2v) is 7.81. The Hall–Kier alpha value is -2.83. The highest BCUT2D eigenvalue weighted by atomic mass is 16.5. The number of nitrogens with zero attached hydrogens (tertiary/aromatic N) is 1. The van der Waals surface area contributed by atoms with Crippen LogP contribution < -0.4 is 4.74 Å². The molecule has 1 aliphatic rings. The van der Waals surface area contributed by atoms with Gasteiger partial charge in [-0.2, -0.15) is 0 Å². The predicted octanol–water partition coefficient (Wildman–Crippen LogP) is 4.14. The third-order valence-corrected chi connectivity index (χ3v) is 4.64. The smallest absolute Gasteiger partial charge is 0.336 e. The van der Waals surface area contributed by atoms with Crippen molar-refractivity contribution in [1.82, 2.24) is 0 Å². The van der Waals surface area contributed by atoms with Crippen molar-refractivity contribution in [3.63, 3.8) is 0 Å². The number of hydrogen-bond acceptors (Lipinski definition) is 7. The molecule has 164 valence electrons. The molecule has 0 aromatic heterocycles. The van der Waals surface area contributed by atoms with Crippen molar-refractivity contribution >= 4 is 17.7 Å². The molecule has 7 heteroatoms. The first-order chi connectivity index (χ1) is 14.1. The fourth-order valence-corrected chi connectivity index (χ4v) is 3.55. The molecule has 0 radical (unpaired) electrons. The van der Waals surface area contributed by atoms with Gasteiger partial charge in [-0.25, -0.2) is 4.79 Å². The van der Waals surface area contributed by atoms with E-state index >= 15 is 0 Å². The number of carbonyl (C=O) groups excluding carboxylic acids is 2. The lowest BCUT2D eigenvalue weighted by Crippen LogP contribution is -2.37. The highest BCUT2D eigenvalue weighted by Gasteiger charge is 2.43. The molecular weight excluding hydrogens is 386 g/mol. The summed E-state index contributed by atoms with van der Waals surface area (Å²) in [6.45, 7) is 12.7. The second-order valence-electron chi connectivity index (χ2n) is 7.81. The normalized spacial score (nSPS) is 19.0. The summed E-state index contributed by atoms with van der Waals surface area (Å²) in [6, 6.07) is 4.81. The summed E-state index contributed by atoms with van der Waals surface area (Å²) in [4.78, 5) is 30.5. The molecule has 0 saturated heterocycles. The Labute approximate surface area is 177 Å². The Kier molecular flexibility index (Phi) is 7.65. The molecular formula is C23H31NO6. The number of ether oxygens (including phenoxy) is 3. The van der Waals surface area contributed by atoms with Crippen molar-refractivity contribution in [2.45, 2.75) is 66.6 Å². The zero-order chi connectivity index (χ0) is 22.6. The number of rotatable bonds is 7. The van der Waals surface area contributed by atoms with Gasteiger partial charge in [-0.15, -0.1) is 0 Å². The van der Waals surface area contributed by atoms with Crippen molar-refractivity contribution in [2.75, 3.05) is 6.61 Å². The van der Waals surface area contributed by atoms with Crippen LogP contribution in [0.3, 0.4) is 0 Å². The first-order valence-corrected chi connectivity index (χ1v) is 10.2. The van der Waals surface area contributed by atoms with Crippen LogP contribution >= 0.6 is 0 Å². The van der Waals surface area contributed by atoms with E-state index < -0.39 is 23.8 Å². The molecule has 0 bridgehead atoms. The maximum atomic E-state index is 13.0. The minimum Gasteiger partial charge on any atom is -0.504 e. The summed E-state index contributed by atoms with van der Waals surface area (Å²) in [6.07, 6.45) is -0.645. The van der Waals surface area contributed by atoms with E-state index in [2.05, 4.69) is 4.99 Å². The van der Waals surface area contributed by atoms with Gasteiger partial charge in [0.05, 0.1) is 24.4 Å². The minimum atomic E-state index is -0.801. The van der Waals surface area contributed by atoms with Gasteiger partial charge in [0.1, 0.15) is 5.92 Å². The van der Waals surface area contributed by atoms with Crippen molar-refractivity contribution in [2.24, 2.45) is 10.9 Å². The van der Waals surface area contributed by atoms with Gasteiger partial charge in [-0.1, -0.05) is 6.07 Å². The number of aromatic hydroxyl groups is 1. The van der Waals surface area contributed by atoms with Gasteiger partial charge in [0.2, 0.25) is 0 Å². The zero-order valence-corrected chi connectivity index (χ0v) is 18.7. The summed E-state index contributed by atoms with van der Waals surface area (Å²) in [5, 5.41) is 10.1. The molecule has 0 fully saturated rings. The summed E-state index contributed by atoms with van der Waals surface area (Å²) in [5.74, 6) is -2.22. The number of benzene rings is 1. The van der Waals surface area contributed by atoms with Crippen LogP contribution in [0.4, 0.5) is 0 Å². The Morgan fingerprint density at radius 3 is 2.30 bits per heavy atom.